The number of anilines is 2. The Bertz CT molecular complexity index is 1120. The van der Waals surface area contributed by atoms with Gasteiger partial charge in [0.15, 0.2) is 0 Å². The number of primary amides is 1. The molecule has 0 aliphatic carbocycles. The van der Waals surface area contributed by atoms with Crippen LogP contribution in [0.3, 0.4) is 0 Å². The van der Waals surface area contributed by atoms with Gasteiger partial charge in [0.1, 0.15) is 11.5 Å². The summed E-state index contributed by atoms with van der Waals surface area (Å²) in [5.41, 5.74) is 10.4. The second-order valence-electron chi connectivity index (χ2n) is 11.1. The van der Waals surface area contributed by atoms with Gasteiger partial charge in [-0.05, 0) is 70.5 Å². The van der Waals surface area contributed by atoms with Crippen molar-refractivity contribution in [3.63, 3.8) is 0 Å². The van der Waals surface area contributed by atoms with Crippen molar-refractivity contribution in [2.45, 2.75) is 65.5 Å². The van der Waals surface area contributed by atoms with Gasteiger partial charge in [0.05, 0.1) is 0 Å². The molecule has 2 amide bonds. The summed E-state index contributed by atoms with van der Waals surface area (Å²) in [4.78, 5) is 13.3. The molecular weight excluding hydrogens is 438 g/mol. The third kappa shape index (κ3) is 6.69. The van der Waals surface area contributed by atoms with E-state index in [0.717, 1.165) is 27.9 Å². The lowest BCUT2D eigenvalue weighted by Gasteiger charge is -2.28. The first-order chi connectivity index (χ1) is 16.2. The van der Waals surface area contributed by atoms with Crippen LogP contribution in [0.25, 0.3) is 0 Å². The molecule has 0 saturated heterocycles. The van der Waals surface area contributed by atoms with Crippen molar-refractivity contribution in [3.05, 3.63) is 82.9 Å². The zero-order valence-corrected chi connectivity index (χ0v) is 21.5. The van der Waals surface area contributed by atoms with Crippen molar-refractivity contribution < 1.29 is 15.0 Å². The van der Waals surface area contributed by atoms with Crippen molar-refractivity contribution in [2.75, 3.05) is 10.2 Å². The van der Waals surface area contributed by atoms with E-state index in [-0.39, 0.29) is 22.3 Å². The highest BCUT2D eigenvalue weighted by Crippen LogP contribution is 2.33. The molecule has 5 N–H and O–H groups in total. The Hall–Kier alpha value is -3.67. The number of phenols is 2. The van der Waals surface area contributed by atoms with E-state index in [2.05, 4.69) is 51.8 Å². The Balaban J connectivity index is 2.03. The molecule has 0 atom stereocenters. The van der Waals surface area contributed by atoms with Crippen LogP contribution in [0.1, 0.15) is 63.8 Å². The second-order valence-corrected chi connectivity index (χ2v) is 11.1. The molecule has 186 valence electrons. The number of carbonyl (C=O) groups is 1. The summed E-state index contributed by atoms with van der Waals surface area (Å²) in [6.07, 6.45) is 0. The fourth-order valence-corrected chi connectivity index (χ4v) is 3.90. The van der Waals surface area contributed by atoms with Gasteiger partial charge in [-0.2, -0.15) is 0 Å². The number of aromatic hydroxyl groups is 2. The van der Waals surface area contributed by atoms with Gasteiger partial charge in [-0.25, -0.2) is 4.79 Å². The summed E-state index contributed by atoms with van der Waals surface area (Å²) in [5.74, 6) is 0.449. The molecule has 3 aromatic rings. The Kier molecular flexibility index (Phi) is 7.34. The van der Waals surface area contributed by atoms with Gasteiger partial charge < -0.3 is 26.2 Å². The predicted octanol–water partition coefficient (Wildman–Crippen LogP) is 6.39. The van der Waals surface area contributed by atoms with E-state index in [1.807, 2.05) is 36.4 Å². The highest BCUT2D eigenvalue weighted by Gasteiger charge is 2.20. The molecule has 35 heavy (non-hydrogen) atoms. The minimum Gasteiger partial charge on any atom is -0.508 e. The van der Waals surface area contributed by atoms with Gasteiger partial charge in [-0.15, -0.1) is 0 Å². The van der Waals surface area contributed by atoms with E-state index in [4.69, 9.17) is 5.73 Å². The topological polar surface area (TPSA) is 98.8 Å². The molecule has 0 radical (unpaired) electrons. The van der Waals surface area contributed by atoms with Crippen LogP contribution in [0.4, 0.5) is 16.2 Å². The van der Waals surface area contributed by atoms with E-state index < -0.39 is 6.03 Å². The zero-order chi connectivity index (χ0) is 26.0. The number of nitrogens with two attached hydrogens (primary N) is 1. The summed E-state index contributed by atoms with van der Waals surface area (Å²) in [6.45, 7) is 13.7. The van der Waals surface area contributed by atoms with Crippen LogP contribution in [-0.2, 0) is 23.9 Å². The molecule has 0 aromatic heterocycles. The third-order valence-corrected chi connectivity index (χ3v) is 6.11. The first-order valence-electron chi connectivity index (χ1n) is 11.8. The zero-order valence-electron chi connectivity index (χ0n) is 21.5. The van der Waals surface area contributed by atoms with Crippen LogP contribution < -0.4 is 16.0 Å². The summed E-state index contributed by atoms with van der Waals surface area (Å²) < 4.78 is 0. The summed E-state index contributed by atoms with van der Waals surface area (Å²) in [6, 6.07) is 18.2. The van der Waals surface area contributed by atoms with Crippen LogP contribution >= 0.6 is 0 Å². The van der Waals surface area contributed by atoms with Crippen LogP contribution in [0.15, 0.2) is 60.7 Å². The molecule has 0 aliphatic heterocycles. The van der Waals surface area contributed by atoms with E-state index in [1.165, 1.54) is 0 Å². The van der Waals surface area contributed by atoms with Crippen LogP contribution in [-0.4, -0.2) is 16.2 Å². The Morgan fingerprint density at radius 3 is 1.57 bits per heavy atom. The van der Waals surface area contributed by atoms with E-state index in [1.54, 1.807) is 24.3 Å². The average Bonchev–Trinajstić information content (AvgIpc) is 2.74. The molecule has 0 aliphatic rings. The minimum absolute atomic E-state index is 0.0608. The fourth-order valence-electron chi connectivity index (χ4n) is 3.90. The Morgan fingerprint density at radius 2 is 1.20 bits per heavy atom. The van der Waals surface area contributed by atoms with Gasteiger partial charge in [0.25, 0.3) is 0 Å². The molecule has 3 rings (SSSR count). The molecule has 0 fully saturated rings. The number of nitrogens with zero attached hydrogens (tertiary/aromatic N) is 1. The van der Waals surface area contributed by atoms with Gasteiger partial charge >= 0.3 is 6.03 Å². The molecule has 0 saturated carbocycles. The standard InChI is InChI=1S/C29H37N3O3/c1-28(2,3)21-7-13-25(33)19(15-21)17-32(24-11-9-23(10-12-24)31-27(30)35)18-20-16-22(29(4,5)6)8-14-26(20)34/h7-16,33-34H,17-18H2,1-6H3,(H3,30,31,35). The molecule has 6 nitrogen and oxygen atoms in total. The summed E-state index contributed by atoms with van der Waals surface area (Å²) in [5, 5.41) is 23.9. The smallest absolute Gasteiger partial charge is 0.316 e. The highest BCUT2D eigenvalue weighted by atomic mass is 16.3. The van der Waals surface area contributed by atoms with Crippen molar-refractivity contribution >= 4 is 17.4 Å². The van der Waals surface area contributed by atoms with Crippen LogP contribution in [0.2, 0.25) is 0 Å². The maximum Gasteiger partial charge on any atom is 0.316 e. The largest absolute Gasteiger partial charge is 0.508 e. The lowest BCUT2D eigenvalue weighted by molar-refractivity contribution is 0.259. The molecular formula is C29H37N3O3. The summed E-state index contributed by atoms with van der Waals surface area (Å²) >= 11 is 0. The fraction of sp³-hybridized carbons (Fsp3) is 0.345. The van der Waals surface area contributed by atoms with Gasteiger partial charge in [-0.1, -0.05) is 53.7 Å². The predicted molar refractivity (Wildman–Crippen MR) is 143 cm³/mol. The molecule has 0 bridgehead atoms. The van der Waals surface area contributed by atoms with Crippen molar-refractivity contribution in [1.29, 1.82) is 0 Å². The minimum atomic E-state index is -0.623. The number of rotatable bonds is 6. The lowest BCUT2D eigenvalue weighted by atomic mass is 9.85. The SMILES string of the molecule is CC(C)(C)c1ccc(O)c(CN(Cc2cc(C(C)(C)C)ccc2O)c2ccc(NC(N)=O)cc2)c1. The number of amides is 2. The van der Waals surface area contributed by atoms with Gasteiger partial charge in [0, 0.05) is 35.6 Å². The Morgan fingerprint density at radius 1 is 0.771 bits per heavy atom. The van der Waals surface area contributed by atoms with E-state index in [9.17, 15) is 15.0 Å². The number of phenolic OH excluding ortho intramolecular Hbond substituents is 2. The number of benzene rings is 3. The van der Waals surface area contributed by atoms with Crippen molar-refractivity contribution in [1.82, 2.24) is 0 Å². The van der Waals surface area contributed by atoms with E-state index >= 15 is 0 Å². The first-order valence-corrected chi connectivity index (χ1v) is 11.8. The van der Waals surface area contributed by atoms with E-state index in [0.29, 0.717) is 18.8 Å². The number of carbonyl (C=O) groups excluding carboxylic acids is 1. The number of hydrogen-bond acceptors (Lipinski definition) is 4. The van der Waals surface area contributed by atoms with Crippen LogP contribution in [0.5, 0.6) is 11.5 Å². The highest BCUT2D eigenvalue weighted by molar-refractivity contribution is 5.88. The lowest BCUT2D eigenvalue weighted by Crippen LogP contribution is -2.23. The maximum absolute atomic E-state index is 11.2. The first kappa shape index (κ1) is 25.9. The monoisotopic (exact) mass is 475 g/mol. The Labute approximate surface area is 208 Å². The normalized spacial score (nSPS) is 11.8. The van der Waals surface area contributed by atoms with Gasteiger partial charge in [-0.3, -0.25) is 0 Å². The number of urea groups is 1. The third-order valence-electron chi connectivity index (χ3n) is 6.11. The quantitative estimate of drug-likeness (QED) is 0.332. The number of hydrogen-bond donors (Lipinski definition) is 4. The molecule has 6 heteroatoms. The molecule has 0 spiro atoms. The second kappa shape index (κ2) is 9.90. The van der Waals surface area contributed by atoms with Gasteiger partial charge in [0.2, 0.25) is 0 Å². The average molecular weight is 476 g/mol. The van der Waals surface area contributed by atoms with Crippen molar-refractivity contribution in [2.24, 2.45) is 5.73 Å². The maximum atomic E-state index is 11.2. The van der Waals surface area contributed by atoms with Crippen LogP contribution in [0, 0.1) is 0 Å². The van der Waals surface area contributed by atoms with Crippen molar-refractivity contribution in [3.8, 4) is 11.5 Å². The molecule has 3 aromatic carbocycles. The summed E-state index contributed by atoms with van der Waals surface area (Å²) in [7, 11) is 0. The molecule has 0 heterocycles. The number of nitrogens with one attached hydrogen (secondary N) is 1. The molecule has 0 unspecified atom stereocenters.